The number of nitrogens with one attached hydrogen (secondary N) is 1. The number of aryl methyl sites for hydroxylation is 1. The molecule has 2 aromatic rings. The fraction of sp³-hybridized carbons (Fsp3) is 0.167. The molecule has 3 N–H and O–H groups in total. The van der Waals surface area contributed by atoms with Crippen LogP contribution in [0.1, 0.15) is 11.5 Å². The normalized spacial score (nSPS) is 11.5. The van der Waals surface area contributed by atoms with E-state index in [0.29, 0.717) is 21.7 Å². The molecular weight excluding hydrogens is 344 g/mol. The molecule has 0 spiro atoms. The molecule has 0 unspecified atom stereocenters. The Morgan fingerprint density at radius 2 is 2.10 bits per heavy atom. The topological polar surface area (TPSA) is 98.0 Å². The molecule has 2 rings (SSSR count). The van der Waals surface area contributed by atoms with Gasteiger partial charge in [0.25, 0.3) is 0 Å². The third-order valence-electron chi connectivity index (χ3n) is 2.56. The first-order chi connectivity index (χ1) is 9.38. The first-order valence-electron chi connectivity index (χ1n) is 5.72. The Morgan fingerprint density at radius 3 is 2.75 bits per heavy atom. The Balaban J connectivity index is 2.17. The lowest BCUT2D eigenvalue weighted by Crippen LogP contribution is -2.24. The zero-order valence-corrected chi connectivity index (χ0v) is 13.1. The zero-order chi connectivity index (χ0) is 14.8. The summed E-state index contributed by atoms with van der Waals surface area (Å²) in [4.78, 5) is 8.23. The number of hydrogen-bond donors (Lipinski definition) is 2. The van der Waals surface area contributed by atoms with Gasteiger partial charge in [0.05, 0.1) is 17.1 Å². The number of rotatable bonds is 4. The Kier molecular flexibility index (Phi) is 4.36. The van der Waals surface area contributed by atoms with E-state index in [1.54, 1.807) is 19.2 Å². The second-order valence-electron chi connectivity index (χ2n) is 4.10. The van der Waals surface area contributed by atoms with Crippen LogP contribution in [0.5, 0.6) is 0 Å². The number of nitrogen functional groups attached to an aromatic ring is 1. The fourth-order valence-corrected chi connectivity index (χ4v) is 3.09. The van der Waals surface area contributed by atoms with Crippen LogP contribution in [0.2, 0.25) is 0 Å². The van der Waals surface area contributed by atoms with E-state index >= 15 is 0 Å². The van der Waals surface area contributed by atoms with Gasteiger partial charge in [-0.2, -0.15) is 0 Å². The van der Waals surface area contributed by atoms with Crippen LogP contribution in [0.4, 0.5) is 5.69 Å². The molecule has 0 saturated heterocycles. The molecule has 20 heavy (non-hydrogen) atoms. The second kappa shape index (κ2) is 5.86. The molecule has 0 bridgehead atoms. The summed E-state index contributed by atoms with van der Waals surface area (Å²) in [7, 11) is -3.61. The number of sulfonamides is 1. The Morgan fingerprint density at radius 1 is 1.35 bits per heavy atom. The van der Waals surface area contributed by atoms with Crippen molar-refractivity contribution in [2.45, 2.75) is 18.4 Å². The van der Waals surface area contributed by atoms with Crippen LogP contribution in [0.15, 0.2) is 39.8 Å². The van der Waals surface area contributed by atoms with E-state index in [1.165, 1.54) is 18.2 Å². The lowest BCUT2D eigenvalue weighted by Gasteiger charge is -2.08. The lowest BCUT2D eigenvalue weighted by molar-refractivity contribution is 0.580. The summed E-state index contributed by atoms with van der Waals surface area (Å²) in [5, 5.41) is 0. The molecule has 1 aromatic heterocycles. The third kappa shape index (κ3) is 3.53. The number of hydrogen-bond acceptors (Lipinski definition) is 5. The Labute approximate surface area is 125 Å². The van der Waals surface area contributed by atoms with E-state index in [2.05, 4.69) is 30.6 Å². The summed E-state index contributed by atoms with van der Waals surface area (Å²) in [5.41, 5.74) is 6.72. The van der Waals surface area contributed by atoms with Crippen molar-refractivity contribution in [3.63, 3.8) is 0 Å². The SMILES string of the molecule is Cc1nccc(CNS(=O)(=O)c2ccc(N)c(Br)c2)n1. The van der Waals surface area contributed by atoms with Crippen LogP contribution in [-0.2, 0) is 16.6 Å². The van der Waals surface area contributed by atoms with Gasteiger partial charge < -0.3 is 5.73 Å². The van der Waals surface area contributed by atoms with Crippen LogP contribution >= 0.6 is 15.9 Å². The van der Waals surface area contributed by atoms with E-state index in [-0.39, 0.29) is 11.4 Å². The van der Waals surface area contributed by atoms with Crippen molar-refractivity contribution in [1.82, 2.24) is 14.7 Å². The smallest absolute Gasteiger partial charge is 0.240 e. The number of halogens is 1. The quantitative estimate of drug-likeness (QED) is 0.810. The van der Waals surface area contributed by atoms with Crippen LogP contribution in [0.3, 0.4) is 0 Å². The van der Waals surface area contributed by atoms with Gasteiger partial charge >= 0.3 is 0 Å². The Bertz CT molecular complexity index is 734. The molecule has 6 nitrogen and oxygen atoms in total. The van der Waals surface area contributed by atoms with E-state index in [4.69, 9.17) is 5.73 Å². The number of benzene rings is 1. The van der Waals surface area contributed by atoms with Crippen LogP contribution in [0, 0.1) is 6.92 Å². The van der Waals surface area contributed by atoms with Crippen LogP contribution < -0.4 is 10.5 Å². The summed E-state index contributed by atoms with van der Waals surface area (Å²) in [5.74, 6) is 0.594. The molecule has 1 aromatic carbocycles. The summed E-state index contributed by atoms with van der Waals surface area (Å²) >= 11 is 3.21. The highest BCUT2D eigenvalue weighted by Crippen LogP contribution is 2.22. The van der Waals surface area contributed by atoms with Gasteiger partial charge in [0.1, 0.15) is 5.82 Å². The number of nitrogens with zero attached hydrogens (tertiary/aromatic N) is 2. The van der Waals surface area contributed by atoms with Gasteiger partial charge in [-0.05, 0) is 47.1 Å². The van der Waals surface area contributed by atoms with Gasteiger partial charge in [0.15, 0.2) is 0 Å². The third-order valence-corrected chi connectivity index (χ3v) is 4.64. The van der Waals surface area contributed by atoms with Gasteiger partial charge in [0, 0.05) is 16.4 Å². The van der Waals surface area contributed by atoms with Gasteiger partial charge in [-0.3, -0.25) is 0 Å². The van der Waals surface area contributed by atoms with E-state index in [1.807, 2.05) is 0 Å². The molecule has 0 aliphatic heterocycles. The summed E-state index contributed by atoms with van der Waals surface area (Å²) in [6.45, 7) is 1.85. The minimum Gasteiger partial charge on any atom is -0.398 e. The largest absolute Gasteiger partial charge is 0.398 e. The van der Waals surface area contributed by atoms with Crippen molar-refractivity contribution in [3.8, 4) is 0 Å². The highest BCUT2D eigenvalue weighted by molar-refractivity contribution is 9.10. The average molecular weight is 357 g/mol. The second-order valence-corrected chi connectivity index (χ2v) is 6.72. The summed E-state index contributed by atoms with van der Waals surface area (Å²) in [6, 6.07) is 6.11. The van der Waals surface area contributed by atoms with Crippen molar-refractivity contribution >= 4 is 31.6 Å². The molecule has 1 heterocycles. The molecule has 0 fully saturated rings. The predicted molar refractivity (Wildman–Crippen MR) is 79.3 cm³/mol. The first kappa shape index (κ1) is 14.9. The standard InChI is InChI=1S/C12H13BrN4O2S/c1-8-15-5-4-9(17-8)7-16-20(18,19)10-2-3-12(14)11(13)6-10/h2-6,16H,7,14H2,1H3. The molecule has 0 amide bonds. The van der Waals surface area contributed by atoms with Gasteiger partial charge in [-0.15, -0.1) is 0 Å². The number of anilines is 1. The molecular formula is C12H13BrN4O2S. The van der Waals surface area contributed by atoms with Crippen LogP contribution in [0.25, 0.3) is 0 Å². The number of nitrogens with two attached hydrogens (primary N) is 1. The summed E-state index contributed by atoms with van der Waals surface area (Å²) in [6.07, 6.45) is 1.59. The Hall–Kier alpha value is -1.51. The van der Waals surface area contributed by atoms with Crippen molar-refractivity contribution in [3.05, 3.63) is 46.5 Å². The van der Waals surface area contributed by atoms with Crippen molar-refractivity contribution in [2.24, 2.45) is 0 Å². The minimum absolute atomic E-state index is 0.105. The highest BCUT2D eigenvalue weighted by atomic mass is 79.9. The maximum Gasteiger partial charge on any atom is 0.240 e. The monoisotopic (exact) mass is 356 g/mol. The van der Waals surface area contributed by atoms with Crippen molar-refractivity contribution in [2.75, 3.05) is 5.73 Å². The van der Waals surface area contributed by atoms with Gasteiger partial charge in [-0.25, -0.2) is 23.1 Å². The molecule has 8 heteroatoms. The lowest BCUT2D eigenvalue weighted by atomic mass is 10.3. The zero-order valence-electron chi connectivity index (χ0n) is 10.7. The van der Waals surface area contributed by atoms with Crippen molar-refractivity contribution < 1.29 is 8.42 Å². The highest BCUT2D eigenvalue weighted by Gasteiger charge is 2.15. The minimum atomic E-state index is -3.61. The van der Waals surface area contributed by atoms with Crippen LogP contribution in [-0.4, -0.2) is 18.4 Å². The fourth-order valence-electron chi connectivity index (χ4n) is 1.53. The molecule has 0 aliphatic rings. The molecule has 0 aliphatic carbocycles. The predicted octanol–water partition coefficient (Wildman–Crippen LogP) is 1.61. The average Bonchev–Trinajstić information content (AvgIpc) is 2.40. The molecule has 0 saturated carbocycles. The first-order valence-corrected chi connectivity index (χ1v) is 7.99. The molecule has 0 radical (unpaired) electrons. The number of aromatic nitrogens is 2. The van der Waals surface area contributed by atoms with E-state index in [9.17, 15) is 8.42 Å². The molecule has 0 atom stereocenters. The van der Waals surface area contributed by atoms with Gasteiger partial charge in [-0.1, -0.05) is 0 Å². The maximum atomic E-state index is 12.1. The van der Waals surface area contributed by atoms with E-state index < -0.39 is 10.0 Å². The maximum absolute atomic E-state index is 12.1. The van der Waals surface area contributed by atoms with Crippen molar-refractivity contribution in [1.29, 1.82) is 0 Å². The molecule has 106 valence electrons. The van der Waals surface area contributed by atoms with E-state index in [0.717, 1.165) is 0 Å². The summed E-state index contributed by atoms with van der Waals surface area (Å²) < 4.78 is 27.3. The van der Waals surface area contributed by atoms with Gasteiger partial charge in [0.2, 0.25) is 10.0 Å².